The normalized spacial score (nSPS) is 20.8. The molecule has 2 atom stereocenters. The summed E-state index contributed by atoms with van der Waals surface area (Å²) in [5, 5.41) is 2.97. The second-order valence-electron chi connectivity index (χ2n) is 5.58. The second-order valence-corrected chi connectivity index (χ2v) is 5.58. The monoisotopic (exact) mass is 295 g/mol. The van der Waals surface area contributed by atoms with Crippen LogP contribution >= 0.6 is 0 Å². The van der Waals surface area contributed by atoms with Crippen molar-refractivity contribution in [3.63, 3.8) is 0 Å². The Bertz CT molecular complexity index is 625. The standard InChI is InChI=1S/C18H21N3O/c1-2-13-8-10-15(11-9-13)19-18(22)17-12-16(20-21-17)14-6-4-3-5-7-14/h3-11,16-17,20-21H,2,12H2,1H3,(H,19,22). The zero-order valence-corrected chi connectivity index (χ0v) is 12.7. The molecule has 3 N–H and O–H groups in total. The fraction of sp³-hybridized carbons (Fsp3) is 0.278. The number of nitrogens with one attached hydrogen (secondary N) is 3. The SMILES string of the molecule is CCc1ccc(NC(=O)C2CC(c3ccccc3)NN2)cc1. The molecule has 1 fully saturated rings. The van der Waals surface area contributed by atoms with Crippen LogP contribution in [0.4, 0.5) is 5.69 Å². The van der Waals surface area contributed by atoms with Crippen LogP contribution in [-0.2, 0) is 11.2 Å². The molecule has 0 aliphatic carbocycles. The third kappa shape index (κ3) is 3.35. The van der Waals surface area contributed by atoms with E-state index >= 15 is 0 Å². The number of aryl methyl sites for hydroxylation is 1. The van der Waals surface area contributed by atoms with E-state index in [1.165, 1.54) is 11.1 Å². The van der Waals surface area contributed by atoms with E-state index in [0.29, 0.717) is 0 Å². The van der Waals surface area contributed by atoms with Gasteiger partial charge in [-0.15, -0.1) is 0 Å². The molecule has 0 spiro atoms. The maximum atomic E-state index is 12.3. The maximum Gasteiger partial charge on any atom is 0.242 e. The van der Waals surface area contributed by atoms with E-state index < -0.39 is 0 Å². The van der Waals surface area contributed by atoms with Gasteiger partial charge < -0.3 is 5.32 Å². The van der Waals surface area contributed by atoms with Gasteiger partial charge in [-0.3, -0.25) is 4.79 Å². The van der Waals surface area contributed by atoms with Gasteiger partial charge in [-0.25, -0.2) is 10.9 Å². The largest absolute Gasteiger partial charge is 0.325 e. The van der Waals surface area contributed by atoms with Crippen LogP contribution in [0, 0.1) is 0 Å². The minimum Gasteiger partial charge on any atom is -0.325 e. The number of carbonyl (C=O) groups is 1. The van der Waals surface area contributed by atoms with Crippen LogP contribution in [0.25, 0.3) is 0 Å². The molecule has 2 aromatic rings. The van der Waals surface area contributed by atoms with Crippen molar-refractivity contribution in [2.75, 3.05) is 5.32 Å². The zero-order valence-electron chi connectivity index (χ0n) is 12.7. The van der Waals surface area contributed by atoms with Gasteiger partial charge in [0, 0.05) is 11.7 Å². The van der Waals surface area contributed by atoms with Crippen LogP contribution < -0.4 is 16.2 Å². The van der Waals surface area contributed by atoms with Crippen molar-refractivity contribution in [1.82, 2.24) is 10.9 Å². The smallest absolute Gasteiger partial charge is 0.242 e. The molecule has 0 saturated carbocycles. The summed E-state index contributed by atoms with van der Waals surface area (Å²) in [6.45, 7) is 2.12. The number of rotatable bonds is 4. The molecule has 0 bridgehead atoms. The first-order valence-corrected chi connectivity index (χ1v) is 7.72. The fourth-order valence-corrected chi connectivity index (χ4v) is 2.69. The van der Waals surface area contributed by atoms with Crippen molar-refractivity contribution in [2.45, 2.75) is 31.8 Å². The van der Waals surface area contributed by atoms with Crippen LogP contribution in [0.5, 0.6) is 0 Å². The number of hydrogen-bond donors (Lipinski definition) is 3. The Morgan fingerprint density at radius 2 is 1.82 bits per heavy atom. The summed E-state index contributed by atoms with van der Waals surface area (Å²) in [7, 11) is 0. The van der Waals surface area contributed by atoms with Gasteiger partial charge in [0.25, 0.3) is 0 Å². The third-order valence-corrected chi connectivity index (χ3v) is 4.05. The number of hydrazine groups is 1. The van der Waals surface area contributed by atoms with Crippen LogP contribution in [0.15, 0.2) is 54.6 Å². The predicted octanol–water partition coefficient (Wildman–Crippen LogP) is 2.80. The lowest BCUT2D eigenvalue weighted by atomic mass is 10.0. The summed E-state index contributed by atoms with van der Waals surface area (Å²) in [4.78, 5) is 12.3. The van der Waals surface area contributed by atoms with Gasteiger partial charge in [-0.1, -0.05) is 49.4 Å². The van der Waals surface area contributed by atoms with E-state index in [4.69, 9.17) is 0 Å². The van der Waals surface area contributed by atoms with Crippen LogP contribution in [0.1, 0.15) is 30.5 Å². The Hall–Kier alpha value is -2.17. The van der Waals surface area contributed by atoms with E-state index in [9.17, 15) is 4.79 Å². The Morgan fingerprint density at radius 1 is 1.09 bits per heavy atom. The Labute approximate surface area is 130 Å². The first-order chi connectivity index (χ1) is 10.8. The molecule has 0 aromatic heterocycles. The molecule has 1 heterocycles. The summed E-state index contributed by atoms with van der Waals surface area (Å²) in [5.41, 5.74) is 9.58. The van der Waals surface area contributed by atoms with Gasteiger partial charge in [-0.05, 0) is 36.1 Å². The van der Waals surface area contributed by atoms with Gasteiger partial charge in [0.1, 0.15) is 6.04 Å². The number of anilines is 1. The van der Waals surface area contributed by atoms with E-state index in [1.54, 1.807) is 0 Å². The lowest BCUT2D eigenvalue weighted by Gasteiger charge is -2.11. The highest BCUT2D eigenvalue weighted by Gasteiger charge is 2.29. The summed E-state index contributed by atoms with van der Waals surface area (Å²) in [5.74, 6) is -0.00446. The van der Waals surface area contributed by atoms with Crippen molar-refractivity contribution in [2.24, 2.45) is 0 Å². The highest BCUT2D eigenvalue weighted by Crippen LogP contribution is 2.22. The van der Waals surface area contributed by atoms with Crippen molar-refractivity contribution in [3.05, 3.63) is 65.7 Å². The van der Waals surface area contributed by atoms with Gasteiger partial charge in [0.2, 0.25) is 5.91 Å². The highest BCUT2D eigenvalue weighted by molar-refractivity contribution is 5.95. The lowest BCUT2D eigenvalue weighted by molar-refractivity contribution is -0.117. The van der Waals surface area contributed by atoms with Gasteiger partial charge >= 0.3 is 0 Å². The number of benzene rings is 2. The summed E-state index contributed by atoms with van der Waals surface area (Å²) in [6.07, 6.45) is 1.74. The zero-order chi connectivity index (χ0) is 15.4. The number of carbonyl (C=O) groups excluding carboxylic acids is 1. The van der Waals surface area contributed by atoms with Crippen molar-refractivity contribution in [1.29, 1.82) is 0 Å². The highest BCUT2D eigenvalue weighted by atomic mass is 16.2. The van der Waals surface area contributed by atoms with E-state index in [0.717, 1.165) is 18.5 Å². The molecule has 4 heteroatoms. The van der Waals surface area contributed by atoms with E-state index in [1.807, 2.05) is 42.5 Å². The summed E-state index contributed by atoms with van der Waals surface area (Å²) < 4.78 is 0. The van der Waals surface area contributed by atoms with Crippen LogP contribution in [-0.4, -0.2) is 11.9 Å². The van der Waals surface area contributed by atoms with Crippen molar-refractivity contribution < 1.29 is 4.79 Å². The maximum absolute atomic E-state index is 12.3. The molecule has 22 heavy (non-hydrogen) atoms. The molecule has 1 saturated heterocycles. The topological polar surface area (TPSA) is 53.2 Å². The van der Waals surface area contributed by atoms with Crippen LogP contribution in [0.2, 0.25) is 0 Å². The molecule has 4 nitrogen and oxygen atoms in total. The Kier molecular flexibility index (Phi) is 4.51. The first kappa shape index (κ1) is 14.8. The quantitative estimate of drug-likeness (QED) is 0.813. The minimum atomic E-state index is -0.226. The molecular formula is C18H21N3O. The lowest BCUT2D eigenvalue weighted by Crippen LogP contribution is -2.39. The third-order valence-electron chi connectivity index (χ3n) is 4.05. The fourth-order valence-electron chi connectivity index (χ4n) is 2.69. The second kappa shape index (κ2) is 6.73. The molecule has 2 unspecified atom stereocenters. The number of amides is 1. The van der Waals surface area contributed by atoms with Crippen molar-refractivity contribution in [3.8, 4) is 0 Å². The molecular weight excluding hydrogens is 274 g/mol. The summed E-state index contributed by atoms with van der Waals surface area (Å²) >= 11 is 0. The summed E-state index contributed by atoms with van der Waals surface area (Å²) in [6, 6.07) is 18.1. The van der Waals surface area contributed by atoms with E-state index in [-0.39, 0.29) is 18.0 Å². The average molecular weight is 295 g/mol. The van der Waals surface area contributed by atoms with E-state index in [2.05, 4.69) is 35.2 Å². The molecule has 2 aromatic carbocycles. The van der Waals surface area contributed by atoms with Gasteiger partial charge in [0.05, 0.1) is 0 Å². The Morgan fingerprint density at radius 3 is 2.50 bits per heavy atom. The van der Waals surface area contributed by atoms with Crippen LogP contribution in [0.3, 0.4) is 0 Å². The minimum absolute atomic E-state index is 0.00446. The first-order valence-electron chi connectivity index (χ1n) is 7.72. The predicted molar refractivity (Wildman–Crippen MR) is 88.3 cm³/mol. The molecule has 3 rings (SSSR count). The van der Waals surface area contributed by atoms with Gasteiger partial charge in [0.15, 0.2) is 0 Å². The molecule has 1 amide bonds. The molecule has 0 radical (unpaired) electrons. The average Bonchev–Trinajstić information content (AvgIpc) is 3.06. The number of hydrogen-bond acceptors (Lipinski definition) is 3. The molecule has 114 valence electrons. The van der Waals surface area contributed by atoms with Crippen molar-refractivity contribution >= 4 is 11.6 Å². The molecule has 1 aliphatic rings. The molecule has 1 aliphatic heterocycles. The Balaban J connectivity index is 1.59. The van der Waals surface area contributed by atoms with Gasteiger partial charge in [-0.2, -0.15) is 0 Å².